The van der Waals surface area contributed by atoms with Gasteiger partial charge in [-0.05, 0) is 37.3 Å². The minimum Gasteiger partial charge on any atom is -0.491 e. The molecule has 134 valence electrons. The monoisotopic (exact) mass is 347 g/mol. The molecule has 0 saturated heterocycles. The summed E-state index contributed by atoms with van der Waals surface area (Å²) >= 11 is 0. The fraction of sp³-hybridized carbons (Fsp3) is 0.556. The Bertz CT molecular complexity index is 776. The summed E-state index contributed by atoms with van der Waals surface area (Å²) in [6, 6.07) is 0. The Morgan fingerprint density at radius 3 is 2.96 bits per heavy atom. The summed E-state index contributed by atoms with van der Waals surface area (Å²) < 4.78 is 11.4. The van der Waals surface area contributed by atoms with Crippen LogP contribution in [-0.2, 0) is 14.3 Å². The van der Waals surface area contributed by atoms with Crippen LogP contribution in [0.2, 0.25) is 0 Å². The number of aliphatic hydroxyl groups is 3. The topological polar surface area (TPSA) is 91.6 Å². The van der Waals surface area contributed by atoms with Crippen molar-refractivity contribution in [1.82, 2.24) is 5.06 Å². The molecule has 0 amide bonds. The van der Waals surface area contributed by atoms with Gasteiger partial charge in [-0.1, -0.05) is 0 Å². The average Bonchev–Trinajstić information content (AvgIpc) is 3.13. The van der Waals surface area contributed by atoms with Crippen molar-refractivity contribution in [1.29, 1.82) is 0 Å². The summed E-state index contributed by atoms with van der Waals surface area (Å²) in [6.07, 6.45) is 6.15. The molecule has 1 spiro atoms. The first-order valence-corrected chi connectivity index (χ1v) is 8.68. The molecule has 0 aromatic carbocycles. The highest BCUT2D eigenvalue weighted by Crippen LogP contribution is 2.63. The van der Waals surface area contributed by atoms with Gasteiger partial charge in [0, 0.05) is 18.4 Å². The lowest BCUT2D eigenvalue weighted by Crippen LogP contribution is -2.36. The van der Waals surface area contributed by atoms with Gasteiger partial charge >= 0.3 is 0 Å². The molecular formula is C18H21NO6. The first-order valence-electron chi connectivity index (χ1n) is 8.68. The second kappa shape index (κ2) is 4.81. The van der Waals surface area contributed by atoms with Crippen molar-refractivity contribution in [3.8, 4) is 0 Å². The fourth-order valence-electron chi connectivity index (χ4n) is 4.87. The Kier molecular flexibility index (Phi) is 2.94. The largest absolute Gasteiger partial charge is 0.491 e. The van der Waals surface area contributed by atoms with Crippen LogP contribution in [0.25, 0.3) is 0 Å². The molecule has 2 aliphatic carbocycles. The predicted molar refractivity (Wildman–Crippen MR) is 84.5 cm³/mol. The van der Waals surface area contributed by atoms with Crippen LogP contribution in [0.5, 0.6) is 0 Å². The van der Waals surface area contributed by atoms with Crippen molar-refractivity contribution in [3.05, 3.63) is 46.5 Å². The van der Waals surface area contributed by atoms with Crippen molar-refractivity contribution in [2.45, 2.75) is 50.5 Å². The molecule has 7 heteroatoms. The van der Waals surface area contributed by atoms with E-state index in [-0.39, 0.29) is 12.2 Å². The lowest BCUT2D eigenvalue weighted by Gasteiger charge is -2.36. The lowest BCUT2D eigenvalue weighted by atomic mass is 9.65. The van der Waals surface area contributed by atoms with Crippen LogP contribution < -0.4 is 0 Å². The quantitative estimate of drug-likeness (QED) is 0.619. The molecule has 2 unspecified atom stereocenters. The number of methoxy groups -OCH3 is 1. The molecule has 25 heavy (non-hydrogen) atoms. The summed E-state index contributed by atoms with van der Waals surface area (Å²) in [5.41, 5.74) is 1.81. The first-order chi connectivity index (χ1) is 12.0. The Balaban J connectivity index is 1.82. The molecule has 0 fully saturated rings. The third-order valence-electron chi connectivity index (χ3n) is 5.95. The van der Waals surface area contributed by atoms with Gasteiger partial charge in [-0.2, -0.15) is 5.06 Å². The molecule has 2 atom stereocenters. The number of ether oxygens (including phenoxy) is 2. The Hall–Kier alpha value is -1.96. The van der Waals surface area contributed by atoms with Gasteiger partial charge in [0.25, 0.3) is 0 Å². The van der Waals surface area contributed by atoms with Crippen LogP contribution in [0.1, 0.15) is 38.5 Å². The molecule has 3 N–H and O–H groups in total. The first kappa shape index (κ1) is 15.3. The summed E-state index contributed by atoms with van der Waals surface area (Å²) in [7, 11) is 1.55. The lowest BCUT2D eigenvalue weighted by molar-refractivity contribution is -0.173. The Morgan fingerprint density at radius 2 is 2.16 bits per heavy atom. The van der Waals surface area contributed by atoms with Gasteiger partial charge in [-0.3, -0.25) is 0 Å². The Labute approximate surface area is 145 Å². The van der Waals surface area contributed by atoms with E-state index in [1.54, 1.807) is 7.11 Å². The van der Waals surface area contributed by atoms with Crippen LogP contribution >= 0.6 is 0 Å². The average molecular weight is 347 g/mol. The fourth-order valence-corrected chi connectivity index (χ4v) is 4.87. The summed E-state index contributed by atoms with van der Waals surface area (Å²) in [6.45, 7) is 0. The van der Waals surface area contributed by atoms with Crippen LogP contribution in [0.4, 0.5) is 0 Å². The number of hydrogen-bond donors (Lipinski definition) is 3. The highest BCUT2D eigenvalue weighted by atomic mass is 16.7. The Morgan fingerprint density at radius 1 is 1.32 bits per heavy atom. The standard InChI is InChI=1S/C18H21NO6/c1-23-11-9-24-19-13(20)8-17-6-3-2-4-12(17)25-16-14(17)10(15(11)19)5-7-18(16,21)22/h4,9,13,20-22H,2-3,5-8H2,1H3. The number of rotatable bonds is 1. The van der Waals surface area contributed by atoms with Crippen molar-refractivity contribution in [2.24, 2.45) is 5.41 Å². The third-order valence-corrected chi connectivity index (χ3v) is 5.95. The predicted octanol–water partition coefficient (Wildman–Crippen LogP) is 1.51. The zero-order chi connectivity index (χ0) is 17.4. The van der Waals surface area contributed by atoms with Crippen molar-refractivity contribution < 1.29 is 29.6 Å². The van der Waals surface area contributed by atoms with Gasteiger partial charge in [-0.25, -0.2) is 0 Å². The zero-order valence-electron chi connectivity index (χ0n) is 14.0. The molecule has 3 heterocycles. The van der Waals surface area contributed by atoms with Crippen LogP contribution in [0, 0.1) is 5.41 Å². The number of hydrogen-bond acceptors (Lipinski definition) is 7. The second-order valence-corrected chi connectivity index (χ2v) is 7.29. The van der Waals surface area contributed by atoms with Crippen LogP contribution in [0.3, 0.4) is 0 Å². The molecule has 5 rings (SSSR count). The van der Waals surface area contributed by atoms with Crippen LogP contribution in [0.15, 0.2) is 46.5 Å². The smallest absolute Gasteiger partial charge is 0.224 e. The maximum atomic E-state index is 10.9. The zero-order valence-corrected chi connectivity index (χ0v) is 14.0. The normalized spacial score (nSPS) is 35.0. The van der Waals surface area contributed by atoms with E-state index in [0.717, 1.165) is 36.2 Å². The molecule has 7 nitrogen and oxygen atoms in total. The van der Waals surface area contributed by atoms with E-state index in [1.165, 1.54) is 11.3 Å². The van der Waals surface area contributed by atoms with Gasteiger partial charge in [0.15, 0.2) is 24.0 Å². The number of allylic oxidation sites excluding steroid dienone is 3. The van der Waals surface area contributed by atoms with E-state index in [1.807, 2.05) is 6.08 Å². The van der Waals surface area contributed by atoms with E-state index in [4.69, 9.17) is 14.3 Å². The minimum atomic E-state index is -2.00. The number of nitrogens with zero attached hydrogens (tertiary/aromatic N) is 1. The molecule has 0 aromatic rings. The summed E-state index contributed by atoms with van der Waals surface area (Å²) in [4.78, 5) is 5.57. The second-order valence-electron chi connectivity index (χ2n) is 7.29. The van der Waals surface area contributed by atoms with E-state index in [0.29, 0.717) is 24.3 Å². The van der Waals surface area contributed by atoms with E-state index >= 15 is 0 Å². The molecular weight excluding hydrogens is 326 g/mol. The highest BCUT2D eigenvalue weighted by Gasteiger charge is 2.59. The highest BCUT2D eigenvalue weighted by molar-refractivity contribution is 5.57. The van der Waals surface area contributed by atoms with Crippen molar-refractivity contribution in [2.75, 3.05) is 7.11 Å². The van der Waals surface area contributed by atoms with Gasteiger partial charge in [-0.15, -0.1) is 0 Å². The molecule has 0 bridgehead atoms. The number of fused-ring (bicyclic) bond motifs is 1. The minimum absolute atomic E-state index is 0.120. The van der Waals surface area contributed by atoms with Gasteiger partial charge < -0.3 is 29.6 Å². The molecule has 5 aliphatic rings. The van der Waals surface area contributed by atoms with E-state index in [9.17, 15) is 15.3 Å². The maximum absolute atomic E-state index is 10.9. The van der Waals surface area contributed by atoms with Gasteiger partial charge in [0.05, 0.1) is 12.5 Å². The molecule has 3 aliphatic heterocycles. The molecule has 0 aromatic heterocycles. The number of aliphatic hydroxyl groups excluding tert-OH is 1. The van der Waals surface area contributed by atoms with Crippen molar-refractivity contribution in [3.63, 3.8) is 0 Å². The van der Waals surface area contributed by atoms with E-state index < -0.39 is 17.4 Å². The SMILES string of the molecule is COC1=CON2C1=C1CCC(O)(O)C3=C1C1(CCCC=C1O3)CC2O. The van der Waals surface area contributed by atoms with Crippen molar-refractivity contribution >= 4 is 0 Å². The molecule has 0 saturated carbocycles. The summed E-state index contributed by atoms with van der Waals surface area (Å²) in [5, 5.41) is 33.4. The van der Waals surface area contributed by atoms with Gasteiger partial charge in [0.1, 0.15) is 11.5 Å². The van der Waals surface area contributed by atoms with Gasteiger partial charge in [0.2, 0.25) is 5.79 Å². The number of hydroxylamine groups is 2. The molecule has 0 radical (unpaired) electrons. The van der Waals surface area contributed by atoms with E-state index in [2.05, 4.69) is 0 Å². The third kappa shape index (κ3) is 1.80. The van der Waals surface area contributed by atoms with Crippen LogP contribution in [-0.4, -0.2) is 39.5 Å². The maximum Gasteiger partial charge on any atom is 0.224 e. The summed E-state index contributed by atoms with van der Waals surface area (Å²) in [5.74, 6) is -0.555.